The van der Waals surface area contributed by atoms with Gasteiger partial charge in [0.15, 0.2) is 23.0 Å². The van der Waals surface area contributed by atoms with Gasteiger partial charge < -0.3 is 29.8 Å². The molecule has 0 unspecified atom stereocenters. The van der Waals surface area contributed by atoms with Gasteiger partial charge in [0.25, 0.3) is 5.91 Å². The van der Waals surface area contributed by atoms with Gasteiger partial charge in [-0.3, -0.25) is 9.59 Å². The normalized spacial score (nSPS) is 18.4. The highest BCUT2D eigenvalue weighted by Gasteiger charge is 2.33. The van der Waals surface area contributed by atoms with Crippen molar-refractivity contribution in [1.82, 2.24) is 15.2 Å². The summed E-state index contributed by atoms with van der Waals surface area (Å²) in [5, 5.41) is 3.03. The van der Waals surface area contributed by atoms with Crippen LogP contribution in [0.15, 0.2) is 22.6 Å². The van der Waals surface area contributed by atoms with E-state index in [4.69, 9.17) is 14.9 Å². The van der Waals surface area contributed by atoms with Crippen molar-refractivity contribution < 1.29 is 32.3 Å². The number of likely N-dealkylation sites (tertiary alicyclic amines) is 1. The average molecular weight is 569 g/mol. The Morgan fingerprint density at radius 3 is 2.44 bits per heavy atom. The number of amides is 2. The molecule has 2 heterocycles. The minimum atomic E-state index is -2.99. The summed E-state index contributed by atoms with van der Waals surface area (Å²) in [6.07, 6.45) is 5.59. The Kier molecular flexibility index (Phi) is 9.32. The van der Waals surface area contributed by atoms with Crippen molar-refractivity contribution in [2.24, 2.45) is 23.5 Å². The molecule has 1 aromatic heterocycles. The molecule has 1 atom stereocenters. The van der Waals surface area contributed by atoms with Crippen molar-refractivity contribution in [3.8, 4) is 23.0 Å². The second-order valence-electron chi connectivity index (χ2n) is 10.6. The van der Waals surface area contributed by atoms with Crippen molar-refractivity contribution >= 4 is 24.2 Å². The third kappa shape index (κ3) is 7.39. The number of aromatic nitrogens is 1. The fraction of sp³-hybridized carbons (Fsp3) is 0.593. The first-order chi connectivity index (χ1) is 18.3. The van der Waals surface area contributed by atoms with Crippen LogP contribution in [0, 0.1) is 17.8 Å². The zero-order valence-electron chi connectivity index (χ0n) is 21.9. The fourth-order valence-electron chi connectivity index (χ4n) is 4.56. The molecular weight excluding hydrogens is 534 g/mol. The van der Waals surface area contributed by atoms with Gasteiger partial charge in [-0.1, -0.05) is 0 Å². The molecular formula is C27H35ClF2N4O5. The predicted molar refractivity (Wildman–Crippen MR) is 141 cm³/mol. The molecule has 1 saturated heterocycles. The minimum absolute atomic E-state index is 0. The lowest BCUT2D eigenvalue weighted by atomic mass is 9.95. The lowest BCUT2D eigenvalue weighted by Gasteiger charge is -2.31. The van der Waals surface area contributed by atoms with Crippen LogP contribution in [-0.2, 0) is 4.79 Å². The van der Waals surface area contributed by atoms with E-state index in [1.807, 2.05) is 0 Å². The zero-order chi connectivity index (χ0) is 26.8. The molecule has 3 N–H and O–H groups in total. The number of benzene rings is 1. The molecule has 2 aliphatic carbocycles. The SMILES string of the molecule is C[C@H](N)c1oc(-c2ccc(OC(F)F)c(OCC3CC3)c2)nc1C(=O)N1CCC(C(=O)NCC2CC2)CC1.Cl. The summed E-state index contributed by atoms with van der Waals surface area (Å²) in [6, 6.07) is 3.82. The highest BCUT2D eigenvalue weighted by Crippen LogP contribution is 2.37. The standard InChI is InChI=1S/C27H34F2N4O5.ClH/c1-15(30)23-22(26(35)33-10-8-18(9-11-33)24(34)31-13-16-2-3-16)32-25(38-23)19-6-7-20(37-27(28)29)21(12-19)36-14-17-4-5-17;/h6-7,12,15-18,27H,2-5,8-11,13-14,30H2,1H3,(H,31,34);1H/t15-;/m0./s1. The number of carbonyl (C=O) groups excluding carboxylic acids is 2. The number of carbonyl (C=O) groups is 2. The van der Waals surface area contributed by atoms with Crippen LogP contribution in [0.5, 0.6) is 11.5 Å². The summed E-state index contributed by atoms with van der Waals surface area (Å²) >= 11 is 0. The van der Waals surface area contributed by atoms with Crippen LogP contribution in [0.3, 0.4) is 0 Å². The molecule has 1 aliphatic heterocycles. The van der Waals surface area contributed by atoms with Crippen LogP contribution in [0.1, 0.15) is 67.7 Å². The summed E-state index contributed by atoms with van der Waals surface area (Å²) in [7, 11) is 0. The molecule has 9 nitrogen and oxygen atoms in total. The maximum absolute atomic E-state index is 13.4. The van der Waals surface area contributed by atoms with E-state index < -0.39 is 12.7 Å². The smallest absolute Gasteiger partial charge is 0.387 e. The number of nitrogens with two attached hydrogens (primary N) is 1. The Labute approximate surface area is 232 Å². The van der Waals surface area contributed by atoms with Gasteiger partial charge in [-0.2, -0.15) is 8.78 Å². The summed E-state index contributed by atoms with van der Waals surface area (Å²) in [6.45, 7) is 0.701. The molecule has 3 aliphatic rings. The number of halogens is 3. The number of piperidine rings is 1. The number of hydrogen-bond donors (Lipinski definition) is 2. The van der Waals surface area contributed by atoms with Crippen LogP contribution >= 0.6 is 12.4 Å². The summed E-state index contributed by atoms with van der Waals surface area (Å²) < 4.78 is 42.1. The van der Waals surface area contributed by atoms with Crippen LogP contribution in [0.25, 0.3) is 11.5 Å². The van der Waals surface area contributed by atoms with Crippen LogP contribution in [0.2, 0.25) is 0 Å². The first kappa shape index (κ1) is 29.1. The number of ether oxygens (including phenoxy) is 2. The highest BCUT2D eigenvalue weighted by atomic mass is 35.5. The molecule has 2 aromatic rings. The molecule has 3 fully saturated rings. The number of hydrogen-bond acceptors (Lipinski definition) is 7. The van der Waals surface area contributed by atoms with Crippen LogP contribution in [0.4, 0.5) is 8.78 Å². The number of oxazole rings is 1. The Morgan fingerprint density at radius 1 is 1.13 bits per heavy atom. The van der Waals surface area contributed by atoms with E-state index >= 15 is 0 Å². The van der Waals surface area contributed by atoms with E-state index in [9.17, 15) is 18.4 Å². The van der Waals surface area contributed by atoms with Crippen molar-refractivity contribution in [3.05, 3.63) is 29.7 Å². The van der Waals surface area contributed by atoms with Gasteiger partial charge in [0.1, 0.15) is 0 Å². The van der Waals surface area contributed by atoms with Gasteiger partial charge in [-0.05, 0) is 75.5 Å². The topological polar surface area (TPSA) is 120 Å². The monoisotopic (exact) mass is 568 g/mol. The van der Waals surface area contributed by atoms with Crippen molar-refractivity contribution in [2.75, 3.05) is 26.2 Å². The largest absolute Gasteiger partial charge is 0.489 e. The molecule has 5 rings (SSSR count). The summed E-state index contributed by atoms with van der Waals surface area (Å²) in [4.78, 5) is 32.0. The molecule has 0 bridgehead atoms. The quantitative estimate of drug-likeness (QED) is 0.408. The van der Waals surface area contributed by atoms with Crippen molar-refractivity contribution in [3.63, 3.8) is 0 Å². The van der Waals surface area contributed by atoms with E-state index in [0.29, 0.717) is 49.9 Å². The Balaban J connectivity index is 0.00000353. The van der Waals surface area contributed by atoms with Gasteiger partial charge >= 0.3 is 6.61 Å². The maximum atomic E-state index is 13.4. The van der Waals surface area contributed by atoms with Gasteiger partial charge in [-0.25, -0.2) is 4.98 Å². The molecule has 39 heavy (non-hydrogen) atoms. The number of alkyl halides is 2. The van der Waals surface area contributed by atoms with E-state index in [2.05, 4.69) is 15.0 Å². The van der Waals surface area contributed by atoms with Crippen LogP contribution in [-0.4, -0.2) is 54.6 Å². The summed E-state index contributed by atoms with van der Waals surface area (Å²) in [5.74, 6) is 1.11. The zero-order valence-corrected chi connectivity index (χ0v) is 22.7. The third-order valence-corrected chi connectivity index (χ3v) is 7.26. The predicted octanol–water partition coefficient (Wildman–Crippen LogP) is 4.55. The second-order valence-corrected chi connectivity index (χ2v) is 10.6. The van der Waals surface area contributed by atoms with Gasteiger partial charge in [-0.15, -0.1) is 12.4 Å². The molecule has 2 saturated carbocycles. The van der Waals surface area contributed by atoms with E-state index in [1.165, 1.54) is 31.0 Å². The maximum Gasteiger partial charge on any atom is 0.387 e. The first-order valence-corrected chi connectivity index (χ1v) is 13.3. The number of nitrogens with one attached hydrogen (secondary N) is 1. The molecule has 214 valence electrons. The molecule has 1 aromatic carbocycles. The molecule has 12 heteroatoms. The third-order valence-electron chi connectivity index (χ3n) is 7.26. The van der Waals surface area contributed by atoms with Crippen LogP contribution < -0.4 is 20.5 Å². The first-order valence-electron chi connectivity index (χ1n) is 13.3. The van der Waals surface area contributed by atoms with E-state index in [0.717, 1.165) is 19.4 Å². The van der Waals surface area contributed by atoms with E-state index in [1.54, 1.807) is 11.8 Å². The van der Waals surface area contributed by atoms with Gasteiger partial charge in [0.05, 0.1) is 12.6 Å². The Bertz CT molecular complexity index is 1160. The Morgan fingerprint density at radius 2 is 1.82 bits per heavy atom. The van der Waals surface area contributed by atoms with Gasteiger partial charge in [0.2, 0.25) is 11.8 Å². The molecule has 0 radical (unpaired) electrons. The minimum Gasteiger partial charge on any atom is -0.489 e. The fourth-order valence-corrected chi connectivity index (χ4v) is 4.56. The average Bonchev–Trinajstić information content (AvgIpc) is 3.84. The summed E-state index contributed by atoms with van der Waals surface area (Å²) in [5.41, 5.74) is 6.67. The van der Waals surface area contributed by atoms with Crippen molar-refractivity contribution in [2.45, 2.75) is 58.1 Å². The van der Waals surface area contributed by atoms with E-state index in [-0.39, 0.29) is 59.0 Å². The Hall–Kier alpha value is -2.92. The lowest BCUT2D eigenvalue weighted by Crippen LogP contribution is -2.43. The van der Waals surface area contributed by atoms with Gasteiger partial charge in [0, 0.05) is 31.1 Å². The second kappa shape index (κ2) is 12.5. The lowest BCUT2D eigenvalue weighted by molar-refractivity contribution is -0.126. The molecule has 0 spiro atoms. The highest BCUT2D eigenvalue weighted by molar-refractivity contribution is 5.94. The molecule has 2 amide bonds. The number of rotatable bonds is 11. The number of nitrogens with zero attached hydrogens (tertiary/aromatic N) is 2. The van der Waals surface area contributed by atoms with Crippen molar-refractivity contribution in [1.29, 1.82) is 0 Å².